The third-order valence-electron chi connectivity index (χ3n) is 3.76. The lowest BCUT2D eigenvalue weighted by molar-refractivity contribution is -0.120. The molecular weight excluding hydrogens is 286 g/mol. The Kier molecular flexibility index (Phi) is 2.75. The van der Waals surface area contributed by atoms with E-state index >= 15 is 0 Å². The molecule has 0 unspecified atom stereocenters. The van der Waals surface area contributed by atoms with E-state index in [0.29, 0.717) is 11.3 Å². The predicted molar refractivity (Wildman–Crippen MR) is 78.0 cm³/mol. The highest BCUT2D eigenvalue weighted by atomic mass is 32.2. The molecular formula is C14H9N5OS. The Balaban J connectivity index is 2.43. The molecule has 0 fully saturated rings. The highest BCUT2D eigenvalue weighted by Crippen LogP contribution is 2.53. The van der Waals surface area contributed by atoms with Crippen molar-refractivity contribution in [1.29, 1.82) is 15.9 Å². The van der Waals surface area contributed by atoms with Crippen molar-refractivity contribution in [1.82, 2.24) is 0 Å². The molecule has 0 saturated carbocycles. The molecule has 6 nitrogen and oxygen atoms in total. The van der Waals surface area contributed by atoms with Crippen LogP contribution in [0.5, 0.6) is 0 Å². The Morgan fingerprint density at radius 2 is 2.10 bits per heavy atom. The van der Waals surface area contributed by atoms with Gasteiger partial charge in [0, 0.05) is 5.69 Å². The number of benzene rings is 1. The summed E-state index contributed by atoms with van der Waals surface area (Å²) in [7, 11) is 0. The SMILES string of the molecule is N#CC1=C(N)SC(=N)[C@@H](C#N)[C@@]12C(=O)Nc1ccccc12. The number of fused-ring (bicyclic) bond motifs is 2. The molecule has 1 aromatic rings. The van der Waals surface area contributed by atoms with E-state index in [1.165, 1.54) is 0 Å². The molecule has 0 aromatic heterocycles. The minimum Gasteiger partial charge on any atom is -0.392 e. The molecule has 1 amide bonds. The van der Waals surface area contributed by atoms with Crippen LogP contribution in [0.4, 0.5) is 5.69 Å². The van der Waals surface area contributed by atoms with Crippen LogP contribution in [0.1, 0.15) is 5.56 Å². The second kappa shape index (κ2) is 4.37. The van der Waals surface area contributed by atoms with Crippen LogP contribution in [0.25, 0.3) is 0 Å². The maximum absolute atomic E-state index is 12.6. The summed E-state index contributed by atoms with van der Waals surface area (Å²) in [6.07, 6.45) is 0. The Morgan fingerprint density at radius 3 is 2.76 bits per heavy atom. The van der Waals surface area contributed by atoms with Crippen molar-refractivity contribution in [3.63, 3.8) is 0 Å². The monoisotopic (exact) mass is 295 g/mol. The van der Waals surface area contributed by atoms with E-state index in [1.54, 1.807) is 24.3 Å². The molecule has 21 heavy (non-hydrogen) atoms. The number of nitrogens with one attached hydrogen (secondary N) is 2. The fourth-order valence-electron chi connectivity index (χ4n) is 2.88. The van der Waals surface area contributed by atoms with Crippen molar-refractivity contribution in [3.05, 3.63) is 40.4 Å². The van der Waals surface area contributed by atoms with Gasteiger partial charge in [0.1, 0.15) is 11.3 Å². The van der Waals surface area contributed by atoms with Crippen LogP contribution >= 0.6 is 11.8 Å². The Hall–Kier alpha value is -2.77. The number of rotatable bonds is 0. The maximum atomic E-state index is 12.6. The largest absolute Gasteiger partial charge is 0.392 e. The highest BCUT2D eigenvalue weighted by Gasteiger charge is 2.60. The van der Waals surface area contributed by atoms with Crippen molar-refractivity contribution in [2.75, 3.05) is 5.32 Å². The van der Waals surface area contributed by atoms with Crippen LogP contribution in [0.15, 0.2) is 34.9 Å². The molecule has 0 aliphatic carbocycles. The number of nitrogens with two attached hydrogens (primary N) is 1. The van der Waals surface area contributed by atoms with E-state index in [9.17, 15) is 15.3 Å². The Morgan fingerprint density at radius 1 is 1.38 bits per heavy atom. The lowest BCUT2D eigenvalue weighted by Gasteiger charge is -2.35. The van der Waals surface area contributed by atoms with Gasteiger partial charge in [0.2, 0.25) is 5.91 Å². The van der Waals surface area contributed by atoms with E-state index in [1.807, 2.05) is 12.1 Å². The summed E-state index contributed by atoms with van der Waals surface area (Å²) in [5, 5.41) is 29.7. The van der Waals surface area contributed by atoms with Gasteiger partial charge in [-0.05, 0) is 11.6 Å². The van der Waals surface area contributed by atoms with Gasteiger partial charge in [-0.1, -0.05) is 30.0 Å². The average molecular weight is 295 g/mol. The lowest BCUT2D eigenvalue weighted by Crippen LogP contribution is -2.48. The Labute approximate surface area is 124 Å². The van der Waals surface area contributed by atoms with Crippen molar-refractivity contribution in [2.45, 2.75) is 5.41 Å². The van der Waals surface area contributed by atoms with Crippen LogP contribution in [0, 0.1) is 34.0 Å². The molecule has 2 aliphatic heterocycles. The smallest absolute Gasteiger partial charge is 0.242 e. The molecule has 0 radical (unpaired) electrons. The van der Waals surface area contributed by atoms with Gasteiger partial charge in [0.15, 0.2) is 0 Å². The number of thioether (sulfide) groups is 1. The molecule has 3 rings (SSSR count). The average Bonchev–Trinajstić information content (AvgIpc) is 2.73. The maximum Gasteiger partial charge on any atom is 0.242 e. The van der Waals surface area contributed by atoms with Gasteiger partial charge in [0.05, 0.1) is 27.8 Å². The molecule has 2 aliphatic rings. The van der Waals surface area contributed by atoms with Crippen molar-refractivity contribution in [3.8, 4) is 12.1 Å². The molecule has 102 valence electrons. The summed E-state index contributed by atoms with van der Waals surface area (Å²) in [5.74, 6) is -1.55. The minimum atomic E-state index is -1.52. The normalized spacial score (nSPS) is 27.0. The van der Waals surface area contributed by atoms with Crippen molar-refractivity contribution >= 4 is 28.4 Å². The van der Waals surface area contributed by atoms with Crippen LogP contribution < -0.4 is 11.1 Å². The number of carbonyl (C=O) groups is 1. The van der Waals surface area contributed by atoms with E-state index in [2.05, 4.69) is 5.32 Å². The first-order valence-electron chi connectivity index (χ1n) is 6.04. The first-order valence-corrected chi connectivity index (χ1v) is 6.86. The number of anilines is 1. The Bertz CT molecular complexity index is 800. The second-order valence-electron chi connectivity index (χ2n) is 4.69. The van der Waals surface area contributed by atoms with Crippen molar-refractivity contribution in [2.24, 2.45) is 11.7 Å². The first kappa shape index (κ1) is 13.2. The van der Waals surface area contributed by atoms with Crippen LogP contribution in [-0.2, 0) is 10.2 Å². The van der Waals surface area contributed by atoms with E-state index in [0.717, 1.165) is 11.8 Å². The first-order chi connectivity index (χ1) is 10.1. The lowest BCUT2D eigenvalue weighted by atomic mass is 9.67. The quantitative estimate of drug-likeness (QED) is 0.667. The second-order valence-corrected chi connectivity index (χ2v) is 5.77. The summed E-state index contributed by atoms with van der Waals surface area (Å²) in [4.78, 5) is 12.6. The molecule has 2 heterocycles. The van der Waals surface area contributed by atoms with E-state index < -0.39 is 17.2 Å². The fourth-order valence-corrected chi connectivity index (χ4v) is 3.77. The zero-order chi connectivity index (χ0) is 15.2. The summed E-state index contributed by atoms with van der Waals surface area (Å²) >= 11 is 0.860. The molecule has 0 bridgehead atoms. The van der Waals surface area contributed by atoms with Gasteiger partial charge >= 0.3 is 0 Å². The van der Waals surface area contributed by atoms with Gasteiger partial charge in [-0.25, -0.2) is 0 Å². The molecule has 0 saturated heterocycles. The highest BCUT2D eigenvalue weighted by molar-refractivity contribution is 8.17. The van der Waals surface area contributed by atoms with Crippen LogP contribution in [0.3, 0.4) is 0 Å². The van der Waals surface area contributed by atoms with E-state index in [4.69, 9.17) is 11.1 Å². The van der Waals surface area contributed by atoms with E-state index in [-0.39, 0.29) is 15.6 Å². The number of hydrogen-bond acceptors (Lipinski definition) is 6. The number of para-hydroxylation sites is 1. The third kappa shape index (κ3) is 1.47. The van der Waals surface area contributed by atoms with Gasteiger partial charge < -0.3 is 11.1 Å². The van der Waals surface area contributed by atoms with Gasteiger partial charge in [-0.2, -0.15) is 10.5 Å². The summed E-state index contributed by atoms with van der Waals surface area (Å²) in [5.41, 5.74) is 5.44. The standard InChI is InChI=1S/C14H9N5OS/c15-5-8-11(17)21-12(18)9(6-16)14(8)7-3-1-2-4-10(7)19-13(14)20/h1-4,8,17H,18H2,(H,19,20)/t8-,14-/m1/s1. The van der Waals surface area contributed by atoms with Gasteiger partial charge in [-0.15, -0.1) is 0 Å². The summed E-state index contributed by atoms with van der Waals surface area (Å²) in [6.45, 7) is 0. The number of carbonyl (C=O) groups excluding carboxylic acids is 1. The molecule has 4 N–H and O–H groups in total. The summed E-state index contributed by atoms with van der Waals surface area (Å²) in [6, 6.07) is 10.8. The molecule has 1 aromatic carbocycles. The molecule has 1 spiro atoms. The van der Waals surface area contributed by atoms with Crippen LogP contribution in [0.2, 0.25) is 0 Å². The fraction of sp³-hybridized carbons (Fsp3) is 0.143. The minimum absolute atomic E-state index is 0.0270. The van der Waals surface area contributed by atoms with Crippen LogP contribution in [-0.4, -0.2) is 11.0 Å². The molecule has 7 heteroatoms. The van der Waals surface area contributed by atoms with Gasteiger partial charge in [-0.3, -0.25) is 10.2 Å². The predicted octanol–water partition coefficient (Wildman–Crippen LogP) is 1.43. The number of amides is 1. The third-order valence-corrected chi connectivity index (χ3v) is 4.63. The van der Waals surface area contributed by atoms with Gasteiger partial charge in [0.25, 0.3) is 0 Å². The summed E-state index contributed by atoms with van der Waals surface area (Å²) < 4.78 is 0. The molecule has 2 atom stereocenters. The number of hydrogen-bond donors (Lipinski definition) is 3. The number of nitriles is 2. The zero-order valence-electron chi connectivity index (χ0n) is 10.7. The topological polar surface area (TPSA) is 127 Å². The zero-order valence-corrected chi connectivity index (χ0v) is 11.5. The number of nitrogens with zero attached hydrogens (tertiary/aromatic N) is 2. The van der Waals surface area contributed by atoms with Crippen molar-refractivity contribution < 1.29 is 4.79 Å².